The summed E-state index contributed by atoms with van der Waals surface area (Å²) in [7, 11) is -3.10. The molecule has 0 aliphatic carbocycles. The molecule has 0 radical (unpaired) electrons. The number of nitrogens with one attached hydrogen (secondary N) is 2. The van der Waals surface area contributed by atoms with Crippen LogP contribution in [0.1, 0.15) is 32.6 Å². The van der Waals surface area contributed by atoms with E-state index in [0.29, 0.717) is 32.5 Å². The van der Waals surface area contributed by atoms with Crippen LogP contribution in [0.3, 0.4) is 0 Å². The van der Waals surface area contributed by atoms with Crippen LogP contribution in [0.4, 0.5) is 4.79 Å². The lowest BCUT2D eigenvalue weighted by atomic mass is 10.3. The van der Waals surface area contributed by atoms with E-state index < -0.39 is 16.1 Å². The maximum absolute atomic E-state index is 11.1. The molecule has 0 saturated carbocycles. The fourth-order valence-corrected chi connectivity index (χ4v) is 1.57. The number of carbonyl (C=O) groups excluding carboxylic acids is 1. The highest BCUT2D eigenvalue weighted by Crippen LogP contribution is 1.90. The van der Waals surface area contributed by atoms with Gasteiger partial charge in [0.25, 0.3) is 0 Å². The van der Waals surface area contributed by atoms with Gasteiger partial charge >= 0.3 is 6.09 Å². The SMILES string of the molecule is CCCCOC(=O)NCCCCNS(C)(=O)=O. The summed E-state index contributed by atoms with van der Waals surface area (Å²) in [5.74, 6) is 0. The molecular weight excluding hydrogens is 244 g/mol. The van der Waals surface area contributed by atoms with Crippen molar-refractivity contribution in [1.82, 2.24) is 10.0 Å². The van der Waals surface area contributed by atoms with Crippen LogP contribution >= 0.6 is 0 Å². The first-order chi connectivity index (χ1) is 7.95. The molecular formula is C10H22N2O4S. The van der Waals surface area contributed by atoms with E-state index in [0.717, 1.165) is 19.1 Å². The van der Waals surface area contributed by atoms with Crippen LogP contribution in [0.25, 0.3) is 0 Å². The molecule has 0 rings (SSSR count). The topological polar surface area (TPSA) is 84.5 Å². The van der Waals surface area contributed by atoms with E-state index in [9.17, 15) is 13.2 Å². The Bertz CT molecular complexity index is 303. The highest BCUT2D eigenvalue weighted by atomic mass is 32.2. The number of ether oxygens (including phenoxy) is 1. The van der Waals surface area contributed by atoms with Gasteiger partial charge in [0.15, 0.2) is 0 Å². The van der Waals surface area contributed by atoms with Crippen molar-refractivity contribution in [3.05, 3.63) is 0 Å². The molecule has 6 nitrogen and oxygen atoms in total. The molecule has 0 aliphatic heterocycles. The zero-order chi connectivity index (χ0) is 13.1. The first-order valence-electron chi connectivity index (χ1n) is 5.81. The van der Waals surface area contributed by atoms with Gasteiger partial charge in [0.2, 0.25) is 10.0 Å². The molecule has 0 heterocycles. The number of hydrogen-bond donors (Lipinski definition) is 2. The fraction of sp³-hybridized carbons (Fsp3) is 0.900. The maximum atomic E-state index is 11.1. The highest BCUT2D eigenvalue weighted by Gasteiger charge is 2.01. The van der Waals surface area contributed by atoms with E-state index in [1.165, 1.54) is 0 Å². The Balaban J connectivity index is 3.30. The van der Waals surface area contributed by atoms with E-state index in [1.54, 1.807) is 0 Å². The highest BCUT2D eigenvalue weighted by molar-refractivity contribution is 7.88. The Morgan fingerprint density at radius 1 is 1.18 bits per heavy atom. The second-order valence-corrected chi connectivity index (χ2v) is 5.62. The van der Waals surface area contributed by atoms with Crippen molar-refractivity contribution in [3.8, 4) is 0 Å². The van der Waals surface area contributed by atoms with Gasteiger partial charge in [-0.05, 0) is 19.3 Å². The number of amides is 1. The van der Waals surface area contributed by atoms with Crippen molar-refractivity contribution in [2.24, 2.45) is 0 Å². The first-order valence-corrected chi connectivity index (χ1v) is 7.70. The summed E-state index contributed by atoms with van der Waals surface area (Å²) in [6.07, 6.45) is 3.97. The second kappa shape index (κ2) is 9.23. The van der Waals surface area contributed by atoms with Gasteiger partial charge in [-0.25, -0.2) is 17.9 Å². The van der Waals surface area contributed by atoms with Crippen LogP contribution in [0.5, 0.6) is 0 Å². The lowest BCUT2D eigenvalue weighted by Crippen LogP contribution is -2.27. The van der Waals surface area contributed by atoms with Crippen molar-refractivity contribution in [2.75, 3.05) is 26.0 Å². The third-order valence-electron chi connectivity index (χ3n) is 1.97. The molecule has 17 heavy (non-hydrogen) atoms. The molecule has 7 heteroatoms. The quantitative estimate of drug-likeness (QED) is 0.606. The average molecular weight is 266 g/mol. The molecule has 0 aromatic heterocycles. The molecule has 0 spiro atoms. The monoisotopic (exact) mass is 266 g/mol. The van der Waals surface area contributed by atoms with Gasteiger partial charge in [-0.2, -0.15) is 0 Å². The van der Waals surface area contributed by atoms with E-state index >= 15 is 0 Å². The molecule has 0 bridgehead atoms. The van der Waals surface area contributed by atoms with Crippen molar-refractivity contribution < 1.29 is 17.9 Å². The summed E-state index contributed by atoms with van der Waals surface area (Å²) < 4.78 is 28.7. The summed E-state index contributed by atoms with van der Waals surface area (Å²) in [6, 6.07) is 0. The van der Waals surface area contributed by atoms with Crippen molar-refractivity contribution in [2.45, 2.75) is 32.6 Å². The van der Waals surface area contributed by atoms with Crippen LogP contribution in [0, 0.1) is 0 Å². The molecule has 1 amide bonds. The molecule has 0 saturated heterocycles. The minimum Gasteiger partial charge on any atom is -0.450 e. The van der Waals surface area contributed by atoms with Crippen LogP contribution in [0.15, 0.2) is 0 Å². The predicted octanol–water partition coefficient (Wildman–Crippen LogP) is 0.842. The molecule has 0 aromatic carbocycles. The summed E-state index contributed by atoms with van der Waals surface area (Å²) in [5.41, 5.74) is 0. The van der Waals surface area contributed by atoms with E-state index in [2.05, 4.69) is 10.0 Å². The van der Waals surface area contributed by atoms with E-state index in [4.69, 9.17) is 4.74 Å². The Morgan fingerprint density at radius 3 is 2.41 bits per heavy atom. The number of unbranched alkanes of at least 4 members (excludes halogenated alkanes) is 2. The standard InChI is InChI=1S/C10H22N2O4S/c1-3-4-9-16-10(13)11-7-5-6-8-12-17(2,14)15/h12H,3-9H2,1-2H3,(H,11,13). The summed E-state index contributed by atoms with van der Waals surface area (Å²) in [5, 5.41) is 2.60. The number of sulfonamides is 1. The largest absolute Gasteiger partial charge is 0.450 e. The number of carbonyl (C=O) groups is 1. The lowest BCUT2D eigenvalue weighted by Gasteiger charge is -2.06. The number of hydrogen-bond acceptors (Lipinski definition) is 4. The zero-order valence-electron chi connectivity index (χ0n) is 10.5. The van der Waals surface area contributed by atoms with Gasteiger partial charge in [0.05, 0.1) is 12.9 Å². The summed E-state index contributed by atoms with van der Waals surface area (Å²) in [6.45, 7) is 3.36. The molecule has 0 aromatic rings. The van der Waals surface area contributed by atoms with E-state index in [-0.39, 0.29) is 0 Å². The minimum atomic E-state index is -3.10. The van der Waals surface area contributed by atoms with Crippen molar-refractivity contribution in [3.63, 3.8) is 0 Å². The Hall–Kier alpha value is -0.820. The van der Waals surface area contributed by atoms with Gasteiger partial charge in [0, 0.05) is 13.1 Å². The molecule has 0 fully saturated rings. The maximum Gasteiger partial charge on any atom is 0.407 e. The van der Waals surface area contributed by atoms with Gasteiger partial charge in [0.1, 0.15) is 0 Å². The van der Waals surface area contributed by atoms with Crippen molar-refractivity contribution >= 4 is 16.1 Å². The second-order valence-electron chi connectivity index (χ2n) is 3.79. The van der Waals surface area contributed by atoms with Gasteiger partial charge in [-0.15, -0.1) is 0 Å². The fourth-order valence-electron chi connectivity index (χ4n) is 1.06. The van der Waals surface area contributed by atoms with Crippen LogP contribution < -0.4 is 10.0 Å². The first kappa shape index (κ1) is 16.2. The molecule has 2 N–H and O–H groups in total. The third-order valence-corrected chi connectivity index (χ3v) is 2.70. The normalized spacial score (nSPS) is 11.2. The third kappa shape index (κ3) is 13.1. The minimum absolute atomic E-state index is 0.394. The molecule has 0 aliphatic rings. The van der Waals surface area contributed by atoms with E-state index in [1.807, 2.05) is 6.92 Å². The van der Waals surface area contributed by atoms with Gasteiger partial charge in [-0.1, -0.05) is 13.3 Å². The Kier molecular flexibility index (Phi) is 8.79. The Labute approximate surface area is 103 Å². The molecule has 102 valence electrons. The number of rotatable bonds is 9. The number of alkyl carbamates (subject to hydrolysis) is 1. The molecule has 0 unspecified atom stereocenters. The zero-order valence-corrected chi connectivity index (χ0v) is 11.3. The summed E-state index contributed by atoms with van der Waals surface area (Å²) >= 11 is 0. The van der Waals surface area contributed by atoms with Crippen LogP contribution in [0.2, 0.25) is 0 Å². The van der Waals surface area contributed by atoms with Crippen LogP contribution in [-0.2, 0) is 14.8 Å². The van der Waals surface area contributed by atoms with Crippen molar-refractivity contribution in [1.29, 1.82) is 0 Å². The van der Waals surface area contributed by atoms with Gasteiger partial charge in [-0.3, -0.25) is 0 Å². The Morgan fingerprint density at radius 2 is 1.82 bits per heavy atom. The smallest absolute Gasteiger partial charge is 0.407 e. The predicted molar refractivity (Wildman–Crippen MR) is 66.3 cm³/mol. The molecule has 0 atom stereocenters. The lowest BCUT2D eigenvalue weighted by molar-refractivity contribution is 0.144. The summed E-state index contributed by atoms with van der Waals surface area (Å²) in [4.78, 5) is 11.1. The van der Waals surface area contributed by atoms with Gasteiger partial charge < -0.3 is 10.1 Å². The van der Waals surface area contributed by atoms with Crippen LogP contribution in [-0.4, -0.2) is 40.5 Å². The average Bonchev–Trinajstić information content (AvgIpc) is 2.22.